The van der Waals surface area contributed by atoms with Crippen molar-refractivity contribution in [3.8, 4) is 11.3 Å². The van der Waals surface area contributed by atoms with Gasteiger partial charge in [0.15, 0.2) is 0 Å². The van der Waals surface area contributed by atoms with E-state index in [0.717, 1.165) is 53.8 Å². The third-order valence-electron chi connectivity index (χ3n) is 6.42. The van der Waals surface area contributed by atoms with E-state index in [4.69, 9.17) is 0 Å². The van der Waals surface area contributed by atoms with Gasteiger partial charge in [-0.25, -0.2) is 0 Å². The van der Waals surface area contributed by atoms with Crippen LogP contribution in [0.5, 0.6) is 0 Å². The highest BCUT2D eigenvalue weighted by Gasteiger charge is 2.19. The lowest BCUT2D eigenvalue weighted by molar-refractivity contribution is 0.0945. The molecule has 1 fully saturated rings. The maximum atomic E-state index is 12.8. The first-order valence-electron chi connectivity index (χ1n) is 11.1. The summed E-state index contributed by atoms with van der Waals surface area (Å²) in [6, 6.07) is 10.2. The van der Waals surface area contributed by atoms with E-state index in [0.29, 0.717) is 12.2 Å². The van der Waals surface area contributed by atoms with Crippen LogP contribution in [0.4, 0.5) is 0 Å². The Labute approximate surface area is 183 Å². The van der Waals surface area contributed by atoms with Crippen LogP contribution in [0.3, 0.4) is 0 Å². The number of amides is 1. The van der Waals surface area contributed by atoms with Gasteiger partial charge in [-0.1, -0.05) is 31.2 Å². The number of aromatic amines is 1. The number of aromatic nitrogens is 4. The number of nitrogens with one attached hydrogen (secondary N) is 2. The van der Waals surface area contributed by atoms with Gasteiger partial charge in [-0.2, -0.15) is 10.2 Å². The number of aryl methyl sites for hydroxylation is 2. The molecule has 3 aromatic rings. The lowest BCUT2D eigenvalue weighted by Crippen LogP contribution is -2.33. The van der Waals surface area contributed by atoms with E-state index in [1.807, 2.05) is 31.6 Å². The summed E-state index contributed by atoms with van der Waals surface area (Å²) >= 11 is 0. The third-order valence-corrected chi connectivity index (χ3v) is 6.42. The summed E-state index contributed by atoms with van der Waals surface area (Å²) in [6.07, 6.45) is 2.52. The second-order valence-corrected chi connectivity index (χ2v) is 8.75. The van der Waals surface area contributed by atoms with E-state index in [2.05, 4.69) is 50.6 Å². The molecule has 2 aromatic heterocycles. The molecule has 4 rings (SSSR count). The van der Waals surface area contributed by atoms with Crippen LogP contribution in [-0.4, -0.2) is 43.9 Å². The van der Waals surface area contributed by atoms with Gasteiger partial charge in [-0.05, 0) is 62.9 Å². The Morgan fingerprint density at radius 1 is 1.19 bits per heavy atom. The van der Waals surface area contributed by atoms with Crippen LogP contribution in [0.1, 0.15) is 52.8 Å². The number of likely N-dealkylation sites (tertiary alicyclic amines) is 1. The topological polar surface area (TPSA) is 78.8 Å². The van der Waals surface area contributed by atoms with Gasteiger partial charge in [0, 0.05) is 31.4 Å². The van der Waals surface area contributed by atoms with E-state index < -0.39 is 0 Å². The van der Waals surface area contributed by atoms with Crippen molar-refractivity contribution in [2.45, 2.75) is 46.7 Å². The molecular weight excluding hydrogens is 388 g/mol. The third kappa shape index (κ3) is 4.71. The molecule has 2 N–H and O–H groups in total. The number of piperidine rings is 1. The van der Waals surface area contributed by atoms with Crippen LogP contribution >= 0.6 is 0 Å². The summed E-state index contributed by atoms with van der Waals surface area (Å²) in [4.78, 5) is 15.3. The Kier molecular flexibility index (Phi) is 6.23. The molecule has 1 aromatic carbocycles. The Morgan fingerprint density at radius 2 is 1.90 bits per heavy atom. The highest BCUT2D eigenvalue weighted by Crippen LogP contribution is 2.25. The Morgan fingerprint density at radius 3 is 2.58 bits per heavy atom. The number of benzene rings is 1. The van der Waals surface area contributed by atoms with E-state index in [1.165, 1.54) is 18.4 Å². The molecule has 7 nitrogen and oxygen atoms in total. The molecule has 0 saturated carbocycles. The van der Waals surface area contributed by atoms with Crippen molar-refractivity contribution in [3.63, 3.8) is 0 Å². The largest absolute Gasteiger partial charge is 0.347 e. The smallest absolute Gasteiger partial charge is 0.269 e. The fourth-order valence-electron chi connectivity index (χ4n) is 4.33. The molecule has 7 heteroatoms. The average molecular weight is 421 g/mol. The van der Waals surface area contributed by atoms with E-state index in [-0.39, 0.29) is 5.91 Å². The van der Waals surface area contributed by atoms with Crippen LogP contribution < -0.4 is 5.32 Å². The van der Waals surface area contributed by atoms with Crippen LogP contribution in [0.15, 0.2) is 30.3 Å². The summed E-state index contributed by atoms with van der Waals surface area (Å²) in [6.45, 7) is 10.0. The van der Waals surface area contributed by atoms with Crippen molar-refractivity contribution >= 4 is 5.91 Å². The molecule has 0 unspecified atom stereocenters. The predicted molar refractivity (Wildman–Crippen MR) is 122 cm³/mol. The molecule has 0 radical (unpaired) electrons. The summed E-state index contributed by atoms with van der Waals surface area (Å²) in [5.74, 6) is 0.670. The van der Waals surface area contributed by atoms with Crippen molar-refractivity contribution in [3.05, 3.63) is 58.5 Å². The number of carbonyl (C=O) groups excluding carboxylic acids is 1. The average Bonchev–Trinajstić information content (AvgIpc) is 3.33. The van der Waals surface area contributed by atoms with Gasteiger partial charge in [0.05, 0.1) is 11.4 Å². The maximum Gasteiger partial charge on any atom is 0.269 e. The summed E-state index contributed by atoms with van der Waals surface area (Å²) < 4.78 is 1.83. The summed E-state index contributed by atoms with van der Waals surface area (Å²) in [7, 11) is 1.91. The van der Waals surface area contributed by atoms with Crippen molar-refractivity contribution in [2.24, 2.45) is 13.0 Å². The molecular formula is C24H32N6O. The van der Waals surface area contributed by atoms with Gasteiger partial charge in [-0.15, -0.1) is 0 Å². The van der Waals surface area contributed by atoms with Crippen LogP contribution in [0, 0.1) is 19.8 Å². The number of carbonyl (C=O) groups is 1. The molecule has 164 valence electrons. The van der Waals surface area contributed by atoms with Gasteiger partial charge in [0.2, 0.25) is 0 Å². The number of rotatable bonds is 6. The predicted octanol–water partition coefficient (Wildman–Crippen LogP) is 3.59. The van der Waals surface area contributed by atoms with Gasteiger partial charge in [-0.3, -0.25) is 19.5 Å². The van der Waals surface area contributed by atoms with Gasteiger partial charge < -0.3 is 5.32 Å². The molecule has 31 heavy (non-hydrogen) atoms. The van der Waals surface area contributed by atoms with Crippen LogP contribution in [-0.2, 0) is 20.1 Å². The minimum atomic E-state index is -0.153. The fourth-order valence-corrected chi connectivity index (χ4v) is 4.33. The Balaban J connectivity index is 1.41. The quantitative estimate of drug-likeness (QED) is 0.639. The number of nitrogens with zero attached hydrogens (tertiary/aromatic N) is 4. The number of hydrogen-bond donors (Lipinski definition) is 2. The SMILES string of the molecule is Cc1nn(C)c(C)c1-c1cc(C(=O)NCc2ccccc2CN2CCC(C)CC2)[nH]n1. The van der Waals surface area contributed by atoms with E-state index in [1.54, 1.807) is 6.07 Å². The zero-order chi connectivity index (χ0) is 22.0. The second-order valence-electron chi connectivity index (χ2n) is 8.75. The standard InChI is InChI=1S/C24H32N6O/c1-16-9-11-30(12-10-16)15-20-8-6-5-7-19(20)14-25-24(31)22-13-21(26-27-22)23-17(2)28-29(4)18(23)3/h5-8,13,16H,9-12,14-15H2,1-4H3,(H,25,31)(H,26,27). The Bertz CT molecular complexity index is 1060. The van der Waals surface area contributed by atoms with Gasteiger partial charge in [0.25, 0.3) is 5.91 Å². The minimum Gasteiger partial charge on any atom is -0.347 e. The molecule has 0 bridgehead atoms. The van der Waals surface area contributed by atoms with Crippen molar-refractivity contribution in [2.75, 3.05) is 13.1 Å². The lowest BCUT2D eigenvalue weighted by Gasteiger charge is -2.30. The zero-order valence-electron chi connectivity index (χ0n) is 18.9. The van der Waals surface area contributed by atoms with Crippen LogP contribution in [0.25, 0.3) is 11.3 Å². The summed E-state index contributed by atoms with van der Waals surface area (Å²) in [5, 5.41) is 14.7. The van der Waals surface area contributed by atoms with Gasteiger partial charge >= 0.3 is 0 Å². The number of H-pyrrole nitrogens is 1. The lowest BCUT2D eigenvalue weighted by atomic mass is 9.98. The first kappa shape index (κ1) is 21.3. The highest BCUT2D eigenvalue weighted by atomic mass is 16.1. The Hall–Kier alpha value is -2.93. The summed E-state index contributed by atoms with van der Waals surface area (Å²) in [5.41, 5.74) is 6.54. The molecule has 1 aliphatic rings. The van der Waals surface area contributed by atoms with E-state index >= 15 is 0 Å². The molecule has 3 heterocycles. The normalized spacial score (nSPS) is 15.4. The molecule has 0 atom stereocenters. The van der Waals surface area contributed by atoms with Crippen molar-refractivity contribution in [1.82, 2.24) is 30.2 Å². The second kappa shape index (κ2) is 9.06. The molecule has 1 aliphatic heterocycles. The monoisotopic (exact) mass is 420 g/mol. The van der Waals surface area contributed by atoms with E-state index in [9.17, 15) is 4.79 Å². The van der Waals surface area contributed by atoms with Crippen LogP contribution in [0.2, 0.25) is 0 Å². The molecule has 0 spiro atoms. The minimum absolute atomic E-state index is 0.153. The molecule has 0 aliphatic carbocycles. The first-order chi connectivity index (χ1) is 14.9. The molecule has 1 saturated heterocycles. The van der Waals surface area contributed by atoms with Crippen molar-refractivity contribution in [1.29, 1.82) is 0 Å². The first-order valence-corrected chi connectivity index (χ1v) is 11.1. The molecule has 1 amide bonds. The maximum absolute atomic E-state index is 12.8. The number of hydrogen-bond acceptors (Lipinski definition) is 4. The highest BCUT2D eigenvalue weighted by molar-refractivity contribution is 5.93. The zero-order valence-corrected chi connectivity index (χ0v) is 18.9. The van der Waals surface area contributed by atoms with Gasteiger partial charge in [0.1, 0.15) is 5.69 Å². The van der Waals surface area contributed by atoms with Crippen molar-refractivity contribution < 1.29 is 4.79 Å². The fraction of sp³-hybridized carbons (Fsp3) is 0.458.